The maximum atomic E-state index is 3.91. The lowest BCUT2D eigenvalue weighted by Crippen LogP contribution is -2.60. The molecule has 2 aliphatic heterocycles. The van der Waals surface area contributed by atoms with E-state index < -0.39 is 0 Å². The molecule has 4 N–H and O–H groups in total. The first-order valence-corrected chi connectivity index (χ1v) is 20.5. The van der Waals surface area contributed by atoms with Crippen molar-refractivity contribution >= 4 is 38.4 Å². The van der Waals surface area contributed by atoms with Crippen LogP contribution in [0, 0.1) is 0 Å². The summed E-state index contributed by atoms with van der Waals surface area (Å²) in [5.41, 5.74) is 13.2. The Morgan fingerprint density at radius 1 is 0.390 bits per heavy atom. The molecular weight excluding hydrogens is 719 g/mol. The van der Waals surface area contributed by atoms with Gasteiger partial charge in [-0.05, 0) is 79.1 Å². The van der Waals surface area contributed by atoms with E-state index in [-0.39, 0.29) is 18.5 Å². The molecule has 8 aromatic carbocycles. The Balaban J connectivity index is 1.02. The SMILES string of the molecule is C1=C(C2NC(c3ccccc3)NC(c3ccc(-c4ccccc4)cc3)N2)CNC(n2c3cc(-c4ccccc4)ccc3c3c4ccccc4c(-c4ccccc4)cc32)=C1. The lowest BCUT2D eigenvalue weighted by atomic mass is 9.94. The molecule has 284 valence electrons. The van der Waals surface area contributed by atoms with E-state index in [4.69, 9.17) is 0 Å². The Bertz CT molecular complexity index is 3010. The third kappa shape index (κ3) is 6.52. The molecule has 59 heavy (non-hydrogen) atoms. The van der Waals surface area contributed by atoms with Gasteiger partial charge in [0.1, 0.15) is 5.82 Å². The van der Waals surface area contributed by atoms with Gasteiger partial charge in [0.05, 0.1) is 29.5 Å². The highest BCUT2D eigenvalue weighted by Crippen LogP contribution is 2.42. The van der Waals surface area contributed by atoms with Crippen molar-refractivity contribution in [3.63, 3.8) is 0 Å². The maximum absolute atomic E-state index is 3.91. The van der Waals surface area contributed by atoms with Crippen molar-refractivity contribution in [3.8, 4) is 33.4 Å². The minimum Gasteiger partial charge on any atom is -0.367 e. The Hall–Kier alpha value is -7.02. The smallest absolute Gasteiger partial charge is 0.111 e. The third-order valence-corrected chi connectivity index (χ3v) is 12.0. The van der Waals surface area contributed by atoms with Crippen LogP contribution in [0.2, 0.25) is 0 Å². The van der Waals surface area contributed by atoms with E-state index in [0.717, 1.165) is 5.82 Å². The fraction of sp³-hybridized carbons (Fsp3) is 0.0741. The summed E-state index contributed by atoms with van der Waals surface area (Å²) in [6.45, 7) is 0.677. The van der Waals surface area contributed by atoms with Crippen LogP contribution in [0.15, 0.2) is 212 Å². The standard InChI is InChI=1S/C54H43N5/c1-5-15-36(16-6-1)38-25-27-41(28-26-38)53-56-52(40-21-11-4-12-22-40)57-54(58-53)43-30-32-50(55-35-43)59-48-33-42(37-17-7-2-8-18-37)29-31-46(48)51-45-24-14-13-23-44(45)47(34-49(51)59)39-19-9-3-10-20-39/h1-34,52-58H,35H2. The summed E-state index contributed by atoms with van der Waals surface area (Å²) in [5.74, 6) is 1.05. The van der Waals surface area contributed by atoms with Crippen molar-refractivity contribution in [2.24, 2.45) is 0 Å². The van der Waals surface area contributed by atoms with E-state index in [1.54, 1.807) is 0 Å². The van der Waals surface area contributed by atoms with Gasteiger partial charge in [-0.3, -0.25) is 20.5 Å². The number of dihydropyridines is 1. The number of fused-ring (bicyclic) bond motifs is 5. The molecule has 0 aliphatic carbocycles. The summed E-state index contributed by atoms with van der Waals surface area (Å²) >= 11 is 0. The van der Waals surface area contributed by atoms with Crippen LogP contribution in [-0.2, 0) is 0 Å². The minimum absolute atomic E-state index is 0.0500. The fourth-order valence-corrected chi connectivity index (χ4v) is 9.04. The van der Waals surface area contributed by atoms with Crippen LogP contribution in [0.25, 0.3) is 71.8 Å². The van der Waals surface area contributed by atoms with Crippen molar-refractivity contribution < 1.29 is 0 Å². The van der Waals surface area contributed by atoms with Crippen LogP contribution in [0.1, 0.15) is 23.5 Å². The van der Waals surface area contributed by atoms with Crippen LogP contribution in [-0.4, -0.2) is 17.3 Å². The zero-order chi connectivity index (χ0) is 39.1. The Morgan fingerprint density at radius 2 is 0.915 bits per heavy atom. The van der Waals surface area contributed by atoms with E-state index >= 15 is 0 Å². The summed E-state index contributed by atoms with van der Waals surface area (Å²) < 4.78 is 2.44. The molecule has 1 aromatic heterocycles. The average Bonchev–Trinajstić information content (AvgIpc) is 3.66. The predicted molar refractivity (Wildman–Crippen MR) is 245 cm³/mol. The Kier molecular flexibility index (Phi) is 8.97. The van der Waals surface area contributed by atoms with Gasteiger partial charge in [-0.2, -0.15) is 0 Å². The molecule has 0 radical (unpaired) electrons. The molecule has 11 rings (SSSR count). The first-order chi connectivity index (χ1) is 29.2. The summed E-state index contributed by atoms with van der Waals surface area (Å²) in [5, 5.41) is 20.6. The number of nitrogens with one attached hydrogen (secondary N) is 4. The summed E-state index contributed by atoms with van der Waals surface area (Å²) in [4.78, 5) is 0. The molecule has 5 nitrogen and oxygen atoms in total. The van der Waals surface area contributed by atoms with Crippen molar-refractivity contribution in [2.45, 2.75) is 18.5 Å². The zero-order valence-corrected chi connectivity index (χ0v) is 32.5. The molecule has 1 saturated heterocycles. The first-order valence-electron chi connectivity index (χ1n) is 20.5. The summed E-state index contributed by atoms with van der Waals surface area (Å²) in [6.07, 6.45) is 4.36. The van der Waals surface area contributed by atoms with Crippen LogP contribution in [0.4, 0.5) is 0 Å². The number of benzene rings is 8. The summed E-state index contributed by atoms with van der Waals surface area (Å²) in [6, 6.07) is 69.8. The first kappa shape index (κ1) is 35.2. The Labute approximate surface area is 344 Å². The van der Waals surface area contributed by atoms with Gasteiger partial charge in [0.25, 0.3) is 0 Å². The highest BCUT2D eigenvalue weighted by Gasteiger charge is 2.31. The second kappa shape index (κ2) is 15.1. The van der Waals surface area contributed by atoms with Crippen LogP contribution in [0.3, 0.4) is 0 Å². The highest BCUT2D eigenvalue weighted by molar-refractivity contribution is 6.25. The monoisotopic (exact) mass is 761 g/mol. The topological polar surface area (TPSA) is 53.0 Å². The van der Waals surface area contributed by atoms with Gasteiger partial charge in [-0.1, -0.05) is 188 Å². The molecule has 3 atom stereocenters. The van der Waals surface area contributed by atoms with Gasteiger partial charge in [0.15, 0.2) is 0 Å². The van der Waals surface area contributed by atoms with Gasteiger partial charge in [-0.25, -0.2) is 0 Å². The number of nitrogens with zero attached hydrogens (tertiary/aromatic N) is 1. The fourth-order valence-electron chi connectivity index (χ4n) is 9.04. The third-order valence-electron chi connectivity index (χ3n) is 12.0. The molecule has 3 heterocycles. The van der Waals surface area contributed by atoms with E-state index in [9.17, 15) is 0 Å². The van der Waals surface area contributed by atoms with Crippen molar-refractivity contribution in [3.05, 3.63) is 223 Å². The lowest BCUT2D eigenvalue weighted by molar-refractivity contribution is 0.220. The number of aromatic nitrogens is 1. The van der Waals surface area contributed by atoms with Gasteiger partial charge in [0.2, 0.25) is 0 Å². The van der Waals surface area contributed by atoms with Crippen molar-refractivity contribution in [1.29, 1.82) is 0 Å². The van der Waals surface area contributed by atoms with Crippen molar-refractivity contribution in [2.75, 3.05) is 6.54 Å². The van der Waals surface area contributed by atoms with Crippen molar-refractivity contribution in [1.82, 2.24) is 25.8 Å². The van der Waals surface area contributed by atoms with E-state index in [1.165, 1.54) is 82.7 Å². The molecule has 0 bridgehead atoms. The van der Waals surface area contributed by atoms with E-state index in [1.807, 2.05) is 0 Å². The average molecular weight is 762 g/mol. The van der Waals surface area contributed by atoms with Gasteiger partial charge < -0.3 is 5.32 Å². The number of allylic oxidation sites excluding steroid dienone is 2. The highest BCUT2D eigenvalue weighted by atomic mass is 15.4. The Morgan fingerprint density at radius 3 is 1.56 bits per heavy atom. The normalized spacial score (nSPS) is 18.1. The molecular formula is C54H43N5. The zero-order valence-electron chi connectivity index (χ0n) is 32.5. The quantitative estimate of drug-likeness (QED) is 0.131. The molecule has 9 aromatic rings. The van der Waals surface area contributed by atoms with Gasteiger partial charge in [0, 0.05) is 17.3 Å². The number of hydrogen-bond donors (Lipinski definition) is 4. The van der Waals surface area contributed by atoms with E-state index in [0.29, 0.717) is 6.54 Å². The minimum atomic E-state index is -0.0815. The molecule has 5 heteroatoms. The molecule has 0 amide bonds. The molecule has 3 unspecified atom stereocenters. The lowest BCUT2D eigenvalue weighted by Gasteiger charge is -2.41. The largest absolute Gasteiger partial charge is 0.367 e. The van der Waals surface area contributed by atoms with Crippen LogP contribution >= 0.6 is 0 Å². The molecule has 1 fully saturated rings. The second-order valence-electron chi connectivity index (χ2n) is 15.5. The predicted octanol–water partition coefficient (Wildman–Crippen LogP) is 11.8. The maximum Gasteiger partial charge on any atom is 0.111 e. The second-order valence-corrected chi connectivity index (χ2v) is 15.5. The van der Waals surface area contributed by atoms with Gasteiger partial charge in [-0.15, -0.1) is 0 Å². The molecule has 0 saturated carbocycles. The number of rotatable bonds is 7. The van der Waals surface area contributed by atoms with Crippen LogP contribution in [0.5, 0.6) is 0 Å². The van der Waals surface area contributed by atoms with Gasteiger partial charge >= 0.3 is 0 Å². The summed E-state index contributed by atoms with van der Waals surface area (Å²) in [7, 11) is 0. The number of hydrogen-bond acceptors (Lipinski definition) is 4. The molecule has 0 spiro atoms. The van der Waals surface area contributed by atoms with Crippen LogP contribution < -0.4 is 21.3 Å². The van der Waals surface area contributed by atoms with E-state index in [2.05, 4.69) is 232 Å². The molecule has 2 aliphatic rings.